The van der Waals surface area contributed by atoms with Gasteiger partial charge in [-0.15, -0.1) is 0 Å². The van der Waals surface area contributed by atoms with Gasteiger partial charge in [-0.3, -0.25) is 9.97 Å². The Labute approximate surface area is 209 Å². The van der Waals surface area contributed by atoms with Crippen molar-refractivity contribution in [2.45, 2.75) is 6.42 Å². The molecule has 0 radical (unpaired) electrons. The smallest absolute Gasteiger partial charge is 0.123 e. The lowest BCUT2D eigenvalue weighted by atomic mass is 9.95. The minimum atomic E-state index is -0.241. The number of fused-ring (bicyclic) bond motifs is 1. The molecule has 0 aliphatic heterocycles. The zero-order chi connectivity index (χ0) is 24.3. The highest BCUT2D eigenvalue weighted by atomic mass is 19.1. The van der Waals surface area contributed by atoms with E-state index >= 15 is 0 Å². The molecule has 6 aromatic rings. The van der Waals surface area contributed by atoms with Crippen LogP contribution in [0.15, 0.2) is 128 Å². The maximum absolute atomic E-state index is 13.5. The van der Waals surface area contributed by atoms with Gasteiger partial charge in [-0.25, -0.2) is 4.39 Å². The van der Waals surface area contributed by atoms with Gasteiger partial charge in [0.05, 0.1) is 11.4 Å². The van der Waals surface area contributed by atoms with Gasteiger partial charge in [0.2, 0.25) is 0 Å². The van der Waals surface area contributed by atoms with Crippen molar-refractivity contribution in [3.05, 3.63) is 145 Å². The molecule has 4 aromatic carbocycles. The highest BCUT2D eigenvalue weighted by Gasteiger charge is 2.12. The van der Waals surface area contributed by atoms with Crippen LogP contribution < -0.4 is 0 Å². The Morgan fingerprint density at radius 2 is 1.25 bits per heavy atom. The molecule has 0 amide bonds. The van der Waals surface area contributed by atoms with Crippen molar-refractivity contribution in [3.8, 4) is 33.6 Å². The monoisotopic (exact) mass is 466 g/mol. The molecule has 0 N–H and O–H groups in total. The van der Waals surface area contributed by atoms with Crippen LogP contribution in [0.3, 0.4) is 0 Å². The van der Waals surface area contributed by atoms with E-state index in [1.807, 2.05) is 42.7 Å². The Morgan fingerprint density at radius 1 is 0.556 bits per heavy atom. The van der Waals surface area contributed by atoms with Crippen LogP contribution in [0.25, 0.3) is 44.4 Å². The molecule has 0 saturated heterocycles. The van der Waals surface area contributed by atoms with Crippen LogP contribution in [0.1, 0.15) is 11.1 Å². The van der Waals surface area contributed by atoms with Gasteiger partial charge >= 0.3 is 0 Å². The van der Waals surface area contributed by atoms with Gasteiger partial charge < -0.3 is 0 Å². The van der Waals surface area contributed by atoms with Crippen LogP contribution in [0.4, 0.5) is 4.39 Å². The molecule has 0 saturated carbocycles. The van der Waals surface area contributed by atoms with E-state index in [-0.39, 0.29) is 5.82 Å². The topological polar surface area (TPSA) is 25.8 Å². The number of hydrogen-bond acceptors (Lipinski definition) is 2. The van der Waals surface area contributed by atoms with Crippen molar-refractivity contribution in [1.29, 1.82) is 0 Å². The van der Waals surface area contributed by atoms with Gasteiger partial charge in [0, 0.05) is 34.5 Å². The molecule has 0 aliphatic rings. The standard InChI is InChI=1S/C33H23FN2/c34-28-16-14-25(15-17-28)31-22-36-33(30-12-2-1-11-29(30)31)27-10-6-8-24(21-27)19-23-7-5-9-26(20-23)32-13-3-4-18-35-32/h1-18,20-22H,19H2. The van der Waals surface area contributed by atoms with Crippen LogP contribution in [0, 0.1) is 5.82 Å². The van der Waals surface area contributed by atoms with Crippen molar-refractivity contribution in [2.24, 2.45) is 0 Å². The van der Waals surface area contributed by atoms with Crippen molar-refractivity contribution in [1.82, 2.24) is 9.97 Å². The minimum absolute atomic E-state index is 0.241. The lowest BCUT2D eigenvalue weighted by molar-refractivity contribution is 0.628. The number of rotatable bonds is 5. The number of aromatic nitrogens is 2. The molecule has 2 aromatic heterocycles. The molecule has 172 valence electrons. The zero-order valence-corrected chi connectivity index (χ0v) is 19.6. The van der Waals surface area contributed by atoms with Crippen molar-refractivity contribution < 1.29 is 4.39 Å². The van der Waals surface area contributed by atoms with E-state index < -0.39 is 0 Å². The predicted octanol–water partition coefficient (Wildman–Crippen LogP) is 8.36. The number of benzene rings is 4. The van der Waals surface area contributed by atoms with Gasteiger partial charge in [0.15, 0.2) is 0 Å². The fraction of sp³-hybridized carbons (Fsp3) is 0.0303. The first-order chi connectivity index (χ1) is 17.7. The van der Waals surface area contributed by atoms with E-state index in [0.717, 1.165) is 50.8 Å². The molecule has 36 heavy (non-hydrogen) atoms. The largest absolute Gasteiger partial charge is 0.256 e. The fourth-order valence-electron chi connectivity index (χ4n) is 4.72. The summed E-state index contributed by atoms with van der Waals surface area (Å²) in [5.74, 6) is -0.241. The Morgan fingerprint density at radius 3 is 2.00 bits per heavy atom. The lowest BCUT2D eigenvalue weighted by Gasteiger charge is -2.12. The fourth-order valence-corrected chi connectivity index (χ4v) is 4.72. The summed E-state index contributed by atoms with van der Waals surface area (Å²) in [5, 5.41) is 2.18. The minimum Gasteiger partial charge on any atom is -0.256 e. The average molecular weight is 467 g/mol. The molecule has 6 rings (SSSR count). The Bertz CT molecular complexity index is 1660. The van der Waals surface area contributed by atoms with Crippen LogP contribution in [-0.2, 0) is 6.42 Å². The second-order valence-corrected chi connectivity index (χ2v) is 8.87. The zero-order valence-electron chi connectivity index (χ0n) is 19.6. The van der Waals surface area contributed by atoms with Gasteiger partial charge in [-0.2, -0.15) is 0 Å². The molecule has 0 fully saturated rings. The van der Waals surface area contributed by atoms with Crippen LogP contribution >= 0.6 is 0 Å². The van der Waals surface area contributed by atoms with Crippen molar-refractivity contribution >= 4 is 10.8 Å². The first-order valence-corrected chi connectivity index (χ1v) is 12.0. The third-order valence-corrected chi connectivity index (χ3v) is 6.45. The quantitative estimate of drug-likeness (QED) is 0.255. The Hall–Kier alpha value is -4.63. The second kappa shape index (κ2) is 9.55. The van der Waals surface area contributed by atoms with E-state index in [4.69, 9.17) is 4.98 Å². The van der Waals surface area contributed by atoms with E-state index in [1.54, 1.807) is 12.1 Å². The molecule has 0 aliphatic carbocycles. The molecule has 2 heterocycles. The summed E-state index contributed by atoms with van der Waals surface area (Å²) in [7, 11) is 0. The predicted molar refractivity (Wildman–Crippen MR) is 145 cm³/mol. The third-order valence-electron chi connectivity index (χ3n) is 6.45. The Kier molecular flexibility index (Phi) is 5.80. The van der Waals surface area contributed by atoms with E-state index in [2.05, 4.69) is 65.6 Å². The number of nitrogens with zero attached hydrogens (tertiary/aromatic N) is 2. The highest BCUT2D eigenvalue weighted by Crippen LogP contribution is 2.34. The molecule has 0 bridgehead atoms. The molecule has 0 atom stereocenters. The molecule has 3 heteroatoms. The van der Waals surface area contributed by atoms with Gasteiger partial charge in [-0.05, 0) is 64.9 Å². The van der Waals surface area contributed by atoms with Gasteiger partial charge in [0.25, 0.3) is 0 Å². The highest BCUT2D eigenvalue weighted by molar-refractivity contribution is 6.03. The first kappa shape index (κ1) is 21.9. The molecule has 2 nitrogen and oxygen atoms in total. The third kappa shape index (κ3) is 4.39. The summed E-state index contributed by atoms with van der Waals surface area (Å²) >= 11 is 0. The van der Waals surface area contributed by atoms with Gasteiger partial charge in [0.1, 0.15) is 5.82 Å². The van der Waals surface area contributed by atoms with Crippen molar-refractivity contribution in [2.75, 3.05) is 0 Å². The van der Waals surface area contributed by atoms with Crippen LogP contribution in [-0.4, -0.2) is 9.97 Å². The van der Waals surface area contributed by atoms with E-state index in [9.17, 15) is 4.39 Å². The molecular formula is C33H23FN2. The summed E-state index contributed by atoms with van der Waals surface area (Å²) in [6.07, 6.45) is 4.54. The maximum Gasteiger partial charge on any atom is 0.123 e. The van der Waals surface area contributed by atoms with Gasteiger partial charge in [-0.1, -0.05) is 78.9 Å². The van der Waals surface area contributed by atoms with Crippen LogP contribution in [0.5, 0.6) is 0 Å². The number of halogens is 1. The van der Waals surface area contributed by atoms with E-state index in [0.29, 0.717) is 0 Å². The number of pyridine rings is 2. The summed E-state index contributed by atoms with van der Waals surface area (Å²) < 4.78 is 13.5. The second-order valence-electron chi connectivity index (χ2n) is 8.87. The summed E-state index contributed by atoms with van der Waals surface area (Å²) in [4.78, 5) is 9.36. The summed E-state index contributed by atoms with van der Waals surface area (Å²) in [6, 6.07) is 38.0. The molecular weight excluding hydrogens is 443 g/mol. The summed E-state index contributed by atoms with van der Waals surface area (Å²) in [5.41, 5.74) is 8.53. The van der Waals surface area contributed by atoms with E-state index in [1.165, 1.54) is 23.3 Å². The van der Waals surface area contributed by atoms with Crippen molar-refractivity contribution in [3.63, 3.8) is 0 Å². The summed E-state index contributed by atoms with van der Waals surface area (Å²) in [6.45, 7) is 0. The number of hydrogen-bond donors (Lipinski definition) is 0. The average Bonchev–Trinajstić information content (AvgIpc) is 2.94. The normalized spacial score (nSPS) is 11.0. The Balaban J connectivity index is 1.36. The van der Waals surface area contributed by atoms with Crippen LogP contribution in [0.2, 0.25) is 0 Å². The molecule has 0 spiro atoms. The molecule has 0 unspecified atom stereocenters. The first-order valence-electron chi connectivity index (χ1n) is 12.0. The maximum atomic E-state index is 13.5. The lowest BCUT2D eigenvalue weighted by Crippen LogP contribution is -1.93. The SMILES string of the molecule is Fc1ccc(-c2cnc(-c3cccc(Cc4cccc(-c5ccccn5)c4)c3)c3ccccc23)cc1.